The number of nitrogens with two attached hydrogens (primary N) is 1. The molecule has 1 atom stereocenters. The van der Waals surface area contributed by atoms with Crippen LogP contribution in [0.1, 0.15) is 30.8 Å². The second-order valence-electron chi connectivity index (χ2n) is 5.89. The lowest BCUT2D eigenvalue weighted by Crippen LogP contribution is -2.37. The van der Waals surface area contributed by atoms with Crippen molar-refractivity contribution < 1.29 is 0 Å². The molecule has 4 nitrogen and oxygen atoms in total. The first-order valence-corrected chi connectivity index (χ1v) is 7.32. The minimum Gasteiger partial charge on any atom is -0.389 e. The molecule has 1 unspecified atom stereocenters. The Morgan fingerprint density at radius 1 is 1.40 bits per heavy atom. The third kappa shape index (κ3) is 4.42. The Morgan fingerprint density at radius 2 is 2.00 bits per heavy atom. The molecule has 1 aromatic heterocycles. The Kier molecular flexibility index (Phi) is 5.89. The minimum atomic E-state index is 0.333. The number of hydrogen-bond donors (Lipinski definition) is 2. The number of anilines is 1. The molecule has 1 heterocycles. The van der Waals surface area contributed by atoms with E-state index < -0.39 is 0 Å². The van der Waals surface area contributed by atoms with Gasteiger partial charge in [0.2, 0.25) is 0 Å². The monoisotopic (exact) mass is 294 g/mol. The van der Waals surface area contributed by atoms with Crippen LogP contribution < -0.4 is 11.1 Å². The van der Waals surface area contributed by atoms with E-state index in [-0.39, 0.29) is 0 Å². The van der Waals surface area contributed by atoms with Gasteiger partial charge in [0.25, 0.3) is 0 Å². The van der Waals surface area contributed by atoms with Crippen LogP contribution in [0.5, 0.6) is 0 Å². The fraction of sp³-hybridized carbons (Fsp3) is 0.600. The number of pyridine rings is 1. The summed E-state index contributed by atoms with van der Waals surface area (Å²) >= 11 is 5.17. The Labute approximate surface area is 127 Å². The molecule has 112 valence electrons. The van der Waals surface area contributed by atoms with Gasteiger partial charge in [-0.2, -0.15) is 0 Å². The summed E-state index contributed by atoms with van der Waals surface area (Å²) in [4.78, 5) is 7.02. The van der Waals surface area contributed by atoms with Gasteiger partial charge in [0.05, 0.1) is 5.56 Å². The van der Waals surface area contributed by atoms with E-state index in [9.17, 15) is 0 Å². The molecule has 0 aliphatic carbocycles. The third-order valence-corrected chi connectivity index (χ3v) is 3.49. The molecule has 20 heavy (non-hydrogen) atoms. The lowest BCUT2D eigenvalue weighted by Gasteiger charge is -2.28. The zero-order valence-electron chi connectivity index (χ0n) is 13.3. The largest absolute Gasteiger partial charge is 0.389 e. The standard InChI is InChI=1S/C15H26N4S/c1-9(2)13(8-19(5)6)18-12-7-10(3)17-11(4)14(12)15(16)20/h7,9,13H,8H2,1-6H3,(H2,16,20)(H,17,18). The van der Waals surface area contributed by atoms with Gasteiger partial charge in [-0.1, -0.05) is 26.1 Å². The SMILES string of the molecule is Cc1cc(NC(CN(C)C)C(C)C)c(C(N)=S)c(C)n1. The maximum Gasteiger partial charge on any atom is 0.107 e. The molecular weight excluding hydrogens is 268 g/mol. The topological polar surface area (TPSA) is 54.2 Å². The number of aryl methyl sites for hydroxylation is 2. The van der Waals surface area contributed by atoms with Crippen molar-refractivity contribution in [2.75, 3.05) is 26.0 Å². The number of rotatable bonds is 6. The smallest absolute Gasteiger partial charge is 0.107 e. The summed E-state index contributed by atoms with van der Waals surface area (Å²) in [6, 6.07) is 2.35. The van der Waals surface area contributed by atoms with E-state index in [2.05, 4.69) is 43.1 Å². The Bertz CT molecular complexity index is 483. The van der Waals surface area contributed by atoms with Crippen LogP contribution in [0.25, 0.3) is 0 Å². The van der Waals surface area contributed by atoms with Crippen molar-refractivity contribution in [3.63, 3.8) is 0 Å². The average molecular weight is 294 g/mol. The number of nitrogens with zero attached hydrogens (tertiary/aromatic N) is 2. The highest BCUT2D eigenvalue weighted by atomic mass is 32.1. The van der Waals surface area contributed by atoms with Crippen molar-refractivity contribution in [3.05, 3.63) is 23.0 Å². The van der Waals surface area contributed by atoms with E-state index in [1.165, 1.54) is 0 Å². The first kappa shape index (κ1) is 16.9. The molecule has 0 fully saturated rings. The molecule has 5 heteroatoms. The van der Waals surface area contributed by atoms with Crippen molar-refractivity contribution in [1.29, 1.82) is 0 Å². The van der Waals surface area contributed by atoms with E-state index in [1.807, 2.05) is 19.9 Å². The van der Waals surface area contributed by atoms with Gasteiger partial charge in [-0.15, -0.1) is 0 Å². The van der Waals surface area contributed by atoms with Crippen LogP contribution in [0.4, 0.5) is 5.69 Å². The maximum absolute atomic E-state index is 5.86. The van der Waals surface area contributed by atoms with Gasteiger partial charge < -0.3 is 16.0 Å². The fourth-order valence-electron chi connectivity index (χ4n) is 2.27. The molecule has 0 saturated carbocycles. The number of aromatic nitrogens is 1. The summed E-state index contributed by atoms with van der Waals surface area (Å²) in [5.74, 6) is 0.505. The average Bonchev–Trinajstić information content (AvgIpc) is 2.25. The number of hydrogen-bond acceptors (Lipinski definition) is 4. The van der Waals surface area contributed by atoms with Gasteiger partial charge in [0.15, 0.2) is 0 Å². The van der Waals surface area contributed by atoms with Gasteiger partial charge in [0, 0.05) is 29.7 Å². The molecule has 1 rings (SSSR count). The van der Waals surface area contributed by atoms with Crippen LogP contribution in [-0.2, 0) is 0 Å². The van der Waals surface area contributed by atoms with Crippen molar-refractivity contribution in [1.82, 2.24) is 9.88 Å². The summed E-state index contributed by atoms with van der Waals surface area (Å²) in [5, 5.41) is 3.59. The van der Waals surface area contributed by atoms with Gasteiger partial charge in [-0.05, 0) is 39.9 Å². The zero-order valence-corrected chi connectivity index (χ0v) is 14.1. The van der Waals surface area contributed by atoms with Crippen LogP contribution in [0, 0.1) is 19.8 Å². The lowest BCUT2D eigenvalue weighted by molar-refractivity contribution is 0.344. The van der Waals surface area contributed by atoms with Crippen molar-refractivity contribution >= 4 is 22.9 Å². The highest BCUT2D eigenvalue weighted by Gasteiger charge is 2.18. The lowest BCUT2D eigenvalue weighted by atomic mass is 10.0. The number of likely N-dealkylation sites (N-methyl/N-ethyl adjacent to an activating group) is 1. The quantitative estimate of drug-likeness (QED) is 0.789. The second-order valence-corrected chi connectivity index (χ2v) is 6.33. The summed E-state index contributed by atoms with van der Waals surface area (Å²) in [6.45, 7) is 9.31. The maximum atomic E-state index is 5.86. The summed E-state index contributed by atoms with van der Waals surface area (Å²) in [5.41, 5.74) is 9.56. The molecule has 0 aromatic carbocycles. The Hall–Kier alpha value is -1.20. The highest BCUT2D eigenvalue weighted by molar-refractivity contribution is 7.80. The fourth-order valence-corrected chi connectivity index (χ4v) is 2.53. The predicted octanol–water partition coefficient (Wildman–Crippen LogP) is 2.33. The molecule has 0 bridgehead atoms. The van der Waals surface area contributed by atoms with Crippen LogP contribution in [-0.4, -0.2) is 41.6 Å². The molecule has 0 saturated heterocycles. The number of nitrogens with one attached hydrogen (secondary N) is 1. The van der Waals surface area contributed by atoms with E-state index in [4.69, 9.17) is 18.0 Å². The van der Waals surface area contributed by atoms with E-state index in [0.717, 1.165) is 29.2 Å². The van der Waals surface area contributed by atoms with Crippen LogP contribution >= 0.6 is 12.2 Å². The molecule has 0 spiro atoms. The minimum absolute atomic E-state index is 0.333. The van der Waals surface area contributed by atoms with E-state index >= 15 is 0 Å². The van der Waals surface area contributed by atoms with Crippen molar-refractivity contribution in [2.24, 2.45) is 11.7 Å². The van der Waals surface area contributed by atoms with Gasteiger partial charge in [-0.25, -0.2) is 0 Å². The number of thiocarbonyl (C=S) groups is 1. The van der Waals surface area contributed by atoms with Crippen LogP contribution in [0.3, 0.4) is 0 Å². The van der Waals surface area contributed by atoms with Crippen molar-refractivity contribution in [2.45, 2.75) is 33.7 Å². The van der Waals surface area contributed by atoms with Crippen LogP contribution in [0.15, 0.2) is 6.07 Å². The van der Waals surface area contributed by atoms with E-state index in [1.54, 1.807) is 0 Å². The predicted molar refractivity (Wildman–Crippen MR) is 90.4 cm³/mol. The summed E-state index contributed by atoms with van der Waals surface area (Å²) < 4.78 is 0. The summed E-state index contributed by atoms with van der Waals surface area (Å²) in [7, 11) is 4.16. The molecule has 0 amide bonds. The molecule has 0 aliphatic rings. The first-order valence-electron chi connectivity index (χ1n) is 6.91. The normalized spacial score (nSPS) is 12.8. The third-order valence-electron chi connectivity index (χ3n) is 3.28. The van der Waals surface area contributed by atoms with E-state index in [0.29, 0.717) is 16.9 Å². The zero-order chi connectivity index (χ0) is 15.4. The molecule has 0 radical (unpaired) electrons. The van der Waals surface area contributed by atoms with Gasteiger partial charge in [-0.3, -0.25) is 4.98 Å². The highest BCUT2D eigenvalue weighted by Crippen LogP contribution is 2.22. The second kappa shape index (κ2) is 6.99. The van der Waals surface area contributed by atoms with Crippen molar-refractivity contribution in [3.8, 4) is 0 Å². The molecule has 1 aromatic rings. The van der Waals surface area contributed by atoms with Gasteiger partial charge >= 0.3 is 0 Å². The molecule has 0 aliphatic heterocycles. The summed E-state index contributed by atoms with van der Waals surface area (Å²) in [6.07, 6.45) is 0. The Balaban J connectivity index is 3.14. The Morgan fingerprint density at radius 3 is 2.45 bits per heavy atom. The van der Waals surface area contributed by atoms with Gasteiger partial charge in [0.1, 0.15) is 4.99 Å². The molecule has 3 N–H and O–H groups in total. The van der Waals surface area contributed by atoms with Crippen LogP contribution in [0.2, 0.25) is 0 Å². The molecular formula is C15H26N4S. The first-order chi connectivity index (χ1) is 9.22.